The van der Waals surface area contributed by atoms with Gasteiger partial charge in [-0.25, -0.2) is 9.37 Å². The van der Waals surface area contributed by atoms with Crippen molar-refractivity contribution in [3.05, 3.63) is 42.2 Å². The molecule has 9 heteroatoms. The zero-order valence-corrected chi connectivity index (χ0v) is 21.8. The van der Waals surface area contributed by atoms with Crippen molar-refractivity contribution < 1.29 is 18.7 Å². The van der Waals surface area contributed by atoms with Gasteiger partial charge in [0.25, 0.3) is 0 Å². The highest BCUT2D eigenvalue weighted by molar-refractivity contribution is 7.99. The molecule has 0 aliphatic carbocycles. The highest BCUT2D eigenvalue weighted by Gasteiger charge is 2.22. The Morgan fingerprint density at radius 3 is 2.35 bits per heavy atom. The van der Waals surface area contributed by atoms with Crippen molar-refractivity contribution in [2.75, 3.05) is 51.1 Å². The van der Waals surface area contributed by atoms with Crippen molar-refractivity contribution in [3.8, 4) is 11.5 Å². The van der Waals surface area contributed by atoms with Crippen LogP contribution in [0.2, 0.25) is 0 Å². The summed E-state index contributed by atoms with van der Waals surface area (Å²) in [6.07, 6.45) is 1.14. The first-order valence-electron chi connectivity index (χ1n) is 11.4. The third-order valence-electron chi connectivity index (χ3n) is 5.58. The summed E-state index contributed by atoms with van der Waals surface area (Å²) < 4.78 is 25.0. The maximum atomic E-state index is 13.3. The highest BCUT2D eigenvalue weighted by atomic mass is 32.2. The number of fused-ring (bicyclic) bond motifs is 1. The van der Waals surface area contributed by atoms with Gasteiger partial charge in [-0.3, -0.25) is 9.69 Å². The number of methoxy groups -OCH3 is 2. The van der Waals surface area contributed by atoms with Gasteiger partial charge in [0.1, 0.15) is 27.5 Å². The van der Waals surface area contributed by atoms with Crippen molar-refractivity contribution in [2.24, 2.45) is 0 Å². The molecule has 0 saturated heterocycles. The Balaban J connectivity index is 1.76. The molecule has 1 aromatic heterocycles. The van der Waals surface area contributed by atoms with Crippen molar-refractivity contribution in [1.29, 1.82) is 0 Å². The first-order valence-corrected chi connectivity index (χ1v) is 13.2. The van der Waals surface area contributed by atoms with E-state index in [1.54, 1.807) is 43.0 Å². The van der Waals surface area contributed by atoms with Crippen LogP contribution in [0.5, 0.6) is 11.5 Å². The van der Waals surface area contributed by atoms with Gasteiger partial charge in [-0.1, -0.05) is 25.2 Å². The smallest absolute Gasteiger partial charge is 0.228 e. The number of thioether (sulfide) groups is 1. The zero-order chi connectivity index (χ0) is 24.5. The van der Waals surface area contributed by atoms with Gasteiger partial charge < -0.3 is 14.4 Å². The first-order chi connectivity index (χ1) is 16.5. The molecule has 0 unspecified atom stereocenters. The first kappa shape index (κ1) is 26.2. The molecule has 6 nitrogen and oxygen atoms in total. The van der Waals surface area contributed by atoms with Crippen LogP contribution in [0, 0.1) is 5.82 Å². The van der Waals surface area contributed by atoms with Gasteiger partial charge in [0.2, 0.25) is 5.91 Å². The van der Waals surface area contributed by atoms with Crippen LogP contribution >= 0.6 is 23.1 Å². The predicted octanol–water partition coefficient (Wildman–Crippen LogP) is 5.70. The molecule has 0 fully saturated rings. The van der Waals surface area contributed by atoms with Crippen molar-refractivity contribution >= 4 is 44.4 Å². The number of hydrogen-bond acceptors (Lipinski definition) is 7. The van der Waals surface area contributed by atoms with Crippen LogP contribution in [0.1, 0.15) is 26.7 Å². The van der Waals surface area contributed by atoms with E-state index in [1.807, 2.05) is 12.1 Å². The van der Waals surface area contributed by atoms with E-state index in [4.69, 9.17) is 14.5 Å². The van der Waals surface area contributed by atoms with Gasteiger partial charge >= 0.3 is 0 Å². The lowest BCUT2D eigenvalue weighted by atomic mass is 10.3. The molecule has 0 bridgehead atoms. The number of hydrogen-bond donors (Lipinski definition) is 0. The van der Waals surface area contributed by atoms with Crippen LogP contribution in [0.4, 0.5) is 9.52 Å². The summed E-state index contributed by atoms with van der Waals surface area (Å²) in [5.74, 6) is 1.95. The second-order valence-electron chi connectivity index (χ2n) is 7.62. The molecule has 3 aromatic rings. The largest absolute Gasteiger partial charge is 0.495 e. The minimum atomic E-state index is -0.243. The fraction of sp³-hybridized carbons (Fsp3) is 0.440. The minimum absolute atomic E-state index is 0.0452. The predicted molar refractivity (Wildman–Crippen MR) is 139 cm³/mol. The zero-order valence-electron chi connectivity index (χ0n) is 20.2. The summed E-state index contributed by atoms with van der Waals surface area (Å²) in [6.45, 7) is 7.43. The Kier molecular flexibility index (Phi) is 9.98. The summed E-state index contributed by atoms with van der Waals surface area (Å²) >= 11 is 3.07. The van der Waals surface area contributed by atoms with Crippen LogP contribution in [0.3, 0.4) is 0 Å². The van der Waals surface area contributed by atoms with Crippen LogP contribution < -0.4 is 14.4 Å². The SMILES string of the molecule is CCN(CC)CCN(C(=O)CCCSc1ccc(F)cc1)c1nc2c(OC)ccc(OC)c2s1. The Hall–Kier alpha value is -2.36. The standard InChI is InChI=1S/C25H32FN3O3S2/c1-5-28(6-2)15-16-29(22(30)8-7-17-33-19-11-9-18(26)10-12-19)25-27-23-20(31-3)13-14-21(32-4)24(23)34-25/h9-14H,5-8,15-17H2,1-4H3. The molecule has 0 saturated carbocycles. The number of ether oxygens (including phenoxy) is 2. The van der Waals surface area contributed by atoms with E-state index in [9.17, 15) is 9.18 Å². The fourth-order valence-corrected chi connectivity index (χ4v) is 5.55. The summed E-state index contributed by atoms with van der Waals surface area (Å²) in [4.78, 5) is 23.2. The monoisotopic (exact) mass is 505 g/mol. The summed E-state index contributed by atoms with van der Waals surface area (Å²) in [6, 6.07) is 10.1. The van der Waals surface area contributed by atoms with Gasteiger partial charge in [0.05, 0.1) is 14.2 Å². The number of amides is 1. The average molecular weight is 506 g/mol. The van der Waals surface area contributed by atoms with Crippen molar-refractivity contribution in [1.82, 2.24) is 9.88 Å². The van der Waals surface area contributed by atoms with Crippen LogP contribution in [-0.4, -0.2) is 61.9 Å². The topological polar surface area (TPSA) is 54.9 Å². The van der Waals surface area contributed by atoms with Crippen LogP contribution in [0.15, 0.2) is 41.3 Å². The van der Waals surface area contributed by atoms with Gasteiger partial charge in [-0.05, 0) is 61.7 Å². The van der Waals surface area contributed by atoms with Crippen molar-refractivity contribution in [3.63, 3.8) is 0 Å². The van der Waals surface area contributed by atoms with E-state index < -0.39 is 0 Å². The van der Waals surface area contributed by atoms with Gasteiger partial charge in [0.15, 0.2) is 5.13 Å². The normalized spacial score (nSPS) is 11.2. The lowest BCUT2D eigenvalue weighted by Gasteiger charge is -2.24. The number of rotatable bonds is 13. The molecule has 1 amide bonds. The maximum Gasteiger partial charge on any atom is 0.228 e. The Labute approximate surface area is 209 Å². The number of aromatic nitrogens is 1. The molecule has 2 aromatic carbocycles. The van der Waals surface area contributed by atoms with Gasteiger partial charge in [0, 0.05) is 24.4 Å². The molecule has 0 aliphatic rings. The molecule has 0 N–H and O–H groups in total. The molecule has 184 valence electrons. The number of carbonyl (C=O) groups is 1. The number of halogens is 1. The molecule has 3 rings (SSSR count). The lowest BCUT2D eigenvalue weighted by molar-refractivity contribution is -0.118. The second kappa shape index (κ2) is 12.9. The molecular formula is C25H32FN3O3S2. The second-order valence-corrected chi connectivity index (χ2v) is 9.77. The number of carbonyl (C=O) groups excluding carboxylic acids is 1. The van der Waals surface area contributed by atoms with E-state index in [0.717, 1.165) is 41.4 Å². The van der Waals surface area contributed by atoms with E-state index >= 15 is 0 Å². The number of nitrogens with zero attached hydrogens (tertiary/aromatic N) is 3. The van der Waals surface area contributed by atoms with E-state index in [0.29, 0.717) is 35.1 Å². The maximum absolute atomic E-state index is 13.3. The summed E-state index contributed by atoms with van der Waals surface area (Å²) in [5.41, 5.74) is 0.703. The summed E-state index contributed by atoms with van der Waals surface area (Å²) in [7, 11) is 3.24. The number of thiazole rings is 1. The number of benzene rings is 2. The molecule has 0 spiro atoms. The molecule has 1 heterocycles. The van der Waals surface area contributed by atoms with E-state index in [2.05, 4.69) is 18.7 Å². The minimum Gasteiger partial charge on any atom is -0.495 e. The summed E-state index contributed by atoms with van der Waals surface area (Å²) in [5, 5.41) is 0.654. The Bertz CT molecular complexity index is 1030. The van der Waals surface area contributed by atoms with E-state index in [-0.39, 0.29) is 11.7 Å². The quantitative estimate of drug-likeness (QED) is 0.219. The highest BCUT2D eigenvalue weighted by Crippen LogP contribution is 2.40. The molecule has 0 aliphatic heterocycles. The molecule has 0 atom stereocenters. The van der Waals surface area contributed by atoms with Gasteiger partial charge in [-0.2, -0.15) is 0 Å². The van der Waals surface area contributed by atoms with Crippen molar-refractivity contribution in [2.45, 2.75) is 31.6 Å². The Morgan fingerprint density at radius 1 is 1.03 bits per heavy atom. The average Bonchev–Trinajstić information content (AvgIpc) is 3.30. The Morgan fingerprint density at radius 2 is 1.71 bits per heavy atom. The molecule has 0 radical (unpaired) electrons. The van der Waals surface area contributed by atoms with Gasteiger partial charge in [-0.15, -0.1) is 11.8 Å². The number of anilines is 1. The van der Waals surface area contributed by atoms with Crippen LogP contribution in [0.25, 0.3) is 10.2 Å². The molecule has 34 heavy (non-hydrogen) atoms. The third-order valence-corrected chi connectivity index (χ3v) is 7.77. The molecular weight excluding hydrogens is 473 g/mol. The fourth-order valence-electron chi connectivity index (χ4n) is 3.58. The van der Waals surface area contributed by atoms with Crippen LogP contribution in [-0.2, 0) is 4.79 Å². The van der Waals surface area contributed by atoms with E-state index in [1.165, 1.54) is 23.5 Å². The third kappa shape index (κ3) is 6.61. The number of likely N-dealkylation sites (N-methyl/N-ethyl adjacent to an activating group) is 1. The lowest BCUT2D eigenvalue weighted by Crippen LogP contribution is -2.38.